The van der Waals surface area contributed by atoms with Gasteiger partial charge in [-0.05, 0) is 13.3 Å². The summed E-state index contributed by atoms with van der Waals surface area (Å²) in [5.74, 6) is -1.92. The van der Waals surface area contributed by atoms with Gasteiger partial charge in [0.15, 0.2) is 0 Å². The number of rotatable bonds is 4. The summed E-state index contributed by atoms with van der Waals surface area (Å²) in [6, 6.07) is 0. The molecule has 0 aromatic rings. The predicted molar refractivity (Wildman–Crippen MR) is 36.6 cm³/mol. The molecule has 0 radical (unpaired) electrons. The fourth-order valence-corrected chi connectivity index (χ4v) is 0.680. The number of carboxylic acid groups (broad SMARTS) is 1. The second-order valence-electron chi connectivity index (χ2n) is 2.43. The van der Waals surface area contributed by atoms with Gasteiger partial charge in [0.05, 0.1) is 5.92 Å². The average Bonchev–Trinajstić information content (AvgIpc) is 1.87. The number of hydrogen-bond donors (Lipinski definition) is 1. The van der Waals surface area contributed by atoms with Crippen LogP contribution in [0, 0.1) is 5.92 Å². The van der Waals surface area contributed by atoms with Crippen molar-refractivity contribution in [3.63, 3.8) is 0 Å². The zero-order chi connectivity index (χ0) is 8.15. The van der Waals surface area contributed by atoms with Gasteiger partial charge in [-0.3, -0.25) is 4.79 Å². The van der Waals surface area contributed by atoms with Crippen molar-refractivity contribution in [2.45, 2.75) is 32.9 Å². The number of aliphatic carboxylic acids is 1. The zero-order valence-corrected chi connectivity index (χ0v) is 6.30. The number of halogens is 1. The van der Waals surface area contributed by atoms with Gasteiger partial charge in [0.1, 0.15) is 6.17 Å². The van der Waals surface area contributed by atoms with Crippen molar-refractivity contribution in [1.29, 1.82) is 0 Å². The molecule has 0 unspecified atom stereocenters. The summed E-state index contributed by atoms with van der Waals surface area (Å²) in [6.45, 7) is 3.23. The molecular weight excluding hydrogens is 135 g/mol. The maximum atomic E-state index is 12.7. The largest absolute Gasteiger partial charge is 0.481 e. The number of alkyl halides is 1. The Hall–Kier alpha value is -0.600. The molecule has 60 valence electrons. The second kappa shape index (κ2) is 4.25. The van der Waals surface area contributed by atoms with Crippen LogP contribution in [0.4, 0.5) is 4.39 Å². The van der Waals surface area contributed by atoms with E-state index in [9.17, 15) is 9.18 Å². The van der Waals surface area contributed by atoms with Crippen molar-refractivity contribution >= 4 is 5.97 Å². The molecule has 0 aliphatic carbocycles. The van der Waals surface area contributed by atoms with E-state index in [1.54, 1.807) is 0 Å². The SMILES string of the molecule is CCC[C@@H](F)[C@@H](C)C(=O)O. The maximum absolute atomic E-state index is 12.7. The highest BCUT2D eigenvalue weighted by atomic mass is 19.1. The number of carbonyl (C=O) groups is 1. The van der Waals surface area contributed by atoms with Crippen LogP contribution >= 0.6 is 0 Å². The van der Waals surface area contributed by atoms with E-state index in [0.717, 1.165) is 0 Å². The molecule has 0 aromatic heterocycles. The molecule has 0 heterocycles. The van der Waals surface area contributed by atoms with Crippen molar-refractivity contribution in [2.75, 3.05) is 0 Å². The van der Waals surface area contributed by atoms with Gasteiger partial charge in [-0.25, -0.2) is 4.39 Å². The van der Waals surface area contributed by atoms with E-state index in [2.05, 4.69) is 0 Å². The summed E-state index contributed by atoms with van der Waals surface area (Å²) in [6.07, 6.45) is -0.158. The molecule has 0 saturated heterocycles. The minimum Gasteiger partial charge on any atom is -0.481 e. The summed E-state index contributed by atoms with van der Waals surface area (Å²) in [4.78, 5) is 10.2. The van der Waals surface area contributed by atoms with E-state index in [1.807, 2.05) is 6.92 Å². The predicted octanol–water partition coefficient (Wildman–Crippen LogP) is 1.85. The highest BCUT2D eigenvalue weighted by Gasteiger charge is 2.21. The average molecular weight is 148 g/mol. The lowest BCUT2D eigenvalue weighted by molar-refractivity contribution is -0.143. The summed E-state index contributed by atoms with van der Waals surface area (Å²) < 4.78 is 12.7. The van der Waals surface area contributed by atoms with E-state index >= 15 is 0 Å². The summed E-state index contributed by atoms with van der Waals surface area (Å²) in [5, 5.41) is 8.34. The van der Waals surface area contributed by atoms with Gasteiger partial charge in [0.2, 0.25) is 0 Å². The first-order valence-corrected chi connectivity index (χ1v) is 3.46. The highest BCUT2D eigenvalue weighted by molar-refractivity contribution is 5.70. The molecular formula is C7H13FO2. The van der Waals surface area contributed by atoms with Crippen LogP contribution in [0.3, 0.4) is 0 Å². The Bertz CT molecular complexity index is 114. The van der Waals surface area contributed by atoms with Crippen molar-refractivity contribution in [3.8, 4) is 0 Å². The van der Waals surface area contributed by atoms with Crippen LogP contribution in [-0.2, 0) is 4.79 Å². The van der Waals surface area contributed by atoms with Crippen LogP contribution < -0.4 is 0 Å². The van der Waals surface area contributed by atoms with Gasteiger partial charge in [0, 0.05) is 0 Å². The van der Waals surface area contributed by atoms with Crippen molar-refractivity contribution in [3.05, 3.63) is 0 Å². The Morgan fingerprint density at radius 2 is 2.20 bits per heavy atom. The van der Waals surface area contributed by atoms with Gasteiger partial charge in [-0.15, -0.1) is 0 Å². The van der Waals surface area contributed by atoms with E-state index in [-0.39, 0.29) is 0 Å². The Balaban J connectivity index is 3.69. The third-order valence-electron chi connectivity index (χ3n) is 1.50. The van der Waals surface area contributed by atoms with Crippen LogP contribution in [0.1, 0.15) is 26.7 Å². The third kappa shape index (κ3) is 2.80. The van der Waals surface area contributed by atoms with Crippen molar-refractivity contribution in [1.82, 2.24) is 0 Å². The smallest absolute Gasteiger partial charge is 0.309 e. The quantitative estimate of drug-likeness (QED) is 0.660. The topological polar surface area (TPSA) is 37.3 Å². The number of hydrogen-bond acceptors (Lipinski definition) is 1. The third-order valence-corrected chi connectivity index (χ3v) is 1.50. The molecule has 0 saturated carbocycles. The lowest BCUT2D eigenvalue weighted by Gasteiger charge is -2.09. The molecule has 0 fully saturated rings. The van der Waals surface area contributed by atoms with Gasteiger partial charge in [-0.2, -0.15) is 0 Å². The maximum Gasteiger partial charge on any atom is 0.309 e. The van der Waals surface area contributed by atoms with Crippen LogP contribution in [0.5, 0.6) is 0 Å². The van der Waals surface area contributed by atoms with Gasteiger partial charge >= 0.3 is 5.97 Å². The molecule has 0 aliphatic rings. The van der Waals surface area contributed by atoms with Gasteiger partial charge in [-0.1, -0.05) is 13.3 Å². The van der Waals surface area contributed by atoms with Crippen LogP contribution in [0.25, 0.3) is 0 Å². The fraction of sp³-hybridized carbons (Fsp3) is 0.857. The minimum absolute atomic E-state index is 0.341. The fourth-order valence-electron chi connectivity index (χ4n) is 0.680. The van der Waals surface area contributed by atoms with Crippen LogP contribution in [0.15, 0.2) is 0 Å². The summed E-state index contributed by atoms with van der Waals surface area (Å²) in [7, 11) is 0. The number of carboxylic acids is 1. The molecule has 10 heavy (non-hydrogen) atoms. The van der Waals surface area contributed by atoms with Crippen LogP contribution in [0.2, 0.25) is 0 Å². The van der Waals surface area contributed by atoms with Gasteiger partial charge in [0.25, 0.3) is 0 Å². The minimum atomic E-state index is -1.19. The monoisotopic (exact) mass is 148 g/mol. The molecule has 0 bridgehead atoms. The molecule has 0 aromatic carbocycles. The molecule has 3 heteroatoms. The van der Waals surface area contributed by atoms with Gasteiger partial charge < -0.3 is 5.11 Å². The molecule has 0 rings (SSSR count). The van der Waals surface area contributed by atoms with E-state index in [1.165, 1.54) is 6.92 Å². The van der Waals surface area contributed by atoms with Crippen molar-refractivity contribution in [2.24, 2.45) is 5.92 Å². The Labute approximate surface area is 60.1 Å². The Kier molecular flexibility index (Phi) is 4.00. The molecule has 2 atom stereocenters. The highest BCUT2D eigenvalue weighted by Crippen LogP contribution is 2.12. The van der Waals surface area contributed by atoms with E-state index in [4.69, 9.17) is 5.11 Å². The van der Waals surface area contributed by atoms with Crippen molar-refractivity contribution < 1.29 is 14.3 Å². The second-order valence-corrected chi connectivity index (χ2v) is 2.43. The molecule has 0 aliphatic heterocycles. The van der Waals surface area contributed by atoms with E-state index < -0.39 is 18.1 Å². The first-order valence-electron chi connectivity index (χ1n) is 3.46. The first kappa shape index (κ1) is 9.40. The molecule has 1 N–H and O–H groups in total. The van der Waals surface area contributed by atoms with Crippen LogP contribution in [-0.4, -0.2) is 17.2 Å². The summed E-state index contributed by atoms with van der Waals surface area (Å²) in [5.41, 5.74) is 0. The Morgan fingerprint density at radius 1 is 1.70 bits per heavy atom. The summed E-state index contributed by atoms with van der Waals surface area (Å²) >= 11 is 0. The Morgan fingerprint density at radius 3 is 2.50 bits per heavy atom. The lowest BCUT2D eigenvalue weighted by atomic mass is 10.0. The zero-order valence-electron chi connectivity index (χ0n) is 6.30. The molecule has 0 spiro atoms. The lowest BCUT2D eigenvalue weighted by Crippen LogP contribution is -2.21. The normalized spacial score (nSPS) is 16.3. The standard InChI is InChI=1S/C7H13FO2/c1-3-4-6(8)5(2)7(9)10/h5-6H,3-4H2,1-2H3,(H,9,10)/t5-,6-/m1/s1. The molecule has 2 nitrogen and oxygen atoms in total. The first-order chi connectivity index (χ1) is 4.59. The van der Waals surface area contributed by atoms with E-state index in [0.29, 0.717) is 12.8 Å². The molecule has 0 amide bonds.